The number of urea groups is 1. The molecule has 0 fully saturated rings. The number of fused-ring (bicyclic) bond motifs is 1. The molecule has 0 bridgehead atoms. The molecular weight excluding hydrogens is 358 g/mol. The number of nitrogens with zero attached hydrogens (tertiary/aromatic N) is 2. The van der Waals surface area contributed by atoms with Crippen molar-refractivity contribution in [1.29, 1.82) is 0 Å². The summed E-state index contributed by atoms with van der Waals surface area (Å²) in [5.74, 6) is 1.50. The highest BCUT2D eigenvalue weighted by Crippen LogP contribution is 2.26. The van der Waals surface area contributed by atoms with E-state index in [9.17, 15) is 4.79 Å². The zero-order valence-corrected chi connectivity index (χ0v) is 15.2. The number of nitrogens with two attached hydrogens (primary N) is 1. The molecule has 4 rings (SSSR count). The van der Waals surface area contributed by atoms with Crippen molar-refractivity contribution >= 4 is 39.8 Å². The lowest BCUT2D eigenvalue weighted by atomic mass is 10.2. The van der Waals surface area contributed by atoms with Crippen LogP contribution < -0.4 is 16.4 Å². The number of carbonyl (C=O) groups is 1. The number of amides is 2. The Hall–Kier alpha value is -3.45. The van der Waals surface area contributed by atoms with E-state index in [-0.39, 0.29) is 0 Å². The van der Waals surface area contributed by atoms with Crippen molar-refractivity contribution in [2.75, 3.05) is 10.6 Å². The molecule has 2 aromatic heterocycles. The summed E-state index contributed by atoms with van der Waals surface area (Å²) < 4.78 is 0. The van der Waals surface area contributed by atoms with Gasteiger partial charge in [-0.05, 0) is 41.3 Å². The quantitative estimate of drug-likeness (QED) is 0.480. The molecule has 0 aliphatic rings. The van der Waals surface area contributed by atoms with Gasteiger partial charge in [0.1, 0.15) is 5.82 Å². The van der Waals surface area contributed by atoms with Crippen LogP contribution in [0.3, 0.4) is 0 Å². The van der Waals surface area contributed by atoms with Gasteiger partial charge in [0.15, 0.2) is 5.82 Å². The molecule has 2 amide bonds. The number of hydrogen-bond donors (Lipinski definition) is 3. The third-order valence-electron chi connectivity index (χ3n) is 4.06. The fraction of sp³-hybridized carbons (Fsp3) is 0.0500. The molecule has 2 heterocycles. The van der Waals surface area contributed by atoms with E-state index in [1.165, 1.54) is 0 Å². The van der Waals surface area contributed by atoms with E-state index in [2.05, 4.69) is 15.6 Å². The number of benzene rings is 2. The molecule has 2 aromatic carbocycles. The van der Waals surface area contributed by atoms with Gasteiger partial charge in [0.05, 0.1) is 5.52 Å². The number of para-hydroxylation sites is 1. The van der Waals surface area contributed by atoms with Crippen LogP contribution in [-0.2, 0) is 6.54 Å². The number of nitrogens with one attached hydrogen (secondary N) is 2. The molecule has 7 heteroatoms. The van der Waals surface area contributed by atoms with Crippen LogP contribution in [0.25, 0.3) is 22.3 Å². The lowest BCUT2D eigenvalue weighted by Gasteiger charge is -2.11. The summed E-state index contributed by atoms with van der Waals surface area (Å²) in [6.45, 7) is 0.598. The maximum Gasteiger partial charge on any atom is 0.316 e. The molecule has 27 heavy (non-hydrogen) atoms. The van der Waals surface area contributed by atoms with Crippen LogP contribution in [0.1, 0.15) is 5.56 Å². The monoisotopic (exact) mass is 375 g/mol. The zero-order valence-electron chi connectivity index (χ0n) is 14.3. The summed E-state index contributed by atoms with van der Waals surface area (Å²) in [5.41, 5.74) is 8.76. The molecule has 0 aliphatic carbocycles. The van der Waals surface area contributed by atoms with Gasteiger partial charge in [-0.3, -0.25) is 0 Å². The minimum atomic E-state index is -0.575. The number of carbonyl (C=O) groups excluding carboxylic acids is 1. The fourth-order valence-electron chi connectivity index (χ4n) is 2.77. The summed E-state index contributed by atoms with van der Waals surface area (Å²) in [5, 5.41) is 11.0. The predicted octanol–water partition coefficient (Wildman–Crippen LogP) is 4.46. The Morgan fingerprint density at radius 3 is 2.59 bits per heavy atom. The second-order valence-corrected chi connectivity index (χ2v) is 6.74. The highest BCUT2D eigenvalue weighted by molar-refractivity contribution is 7.08. The second-order valence-electron chi connectivity index (χ2n) is 5.96. The number of hydrogen-bond acceptors (Lipinski definition) is 5. The van der Waals surface area contributed by atoms with E-state index in [1.54, 1.807) is 11.3 Å². The van der Waals surface area contributed by atoms with E-state index < -0.39 is 6.03 Å². The minimum Gasteiger partial charge on any atom is -0.365 e. The van der Waals surface area contributed by atoms with Crippen molar-refractivity contribution < 1.29 is 4.79 Å². The van der Waals surface area contributed by atoms with E-state index in [0.29, 0.717) is 18.1 Å². The molecule has 0 saturated carbocycles. The summed E-state index contributed by atoms with van der Waals surface area (Å²) in [7, 11) is 0. The van der Waals surface area contributed by atoms with E-state index in [4.69, 9.17) is 10.7 Å². The zero-order chi connectivity index (χ0) is 18.6. The molecule has 0 saturated heterocycles. The molecule has 6 nitrogen and oxygen atoms in total. The molecule has 4 aromatic rings. The van der Waals surface area contributed by atoms with Gasteiger partial charge in [0.2, 0.25) is 0 Å². The van der Waals surface area contributed by atoms with Crippen molar-refractivity contribution in [3.05, 3.63) is 70.9 Å². The Kier molecular flexibility index (Phi) is 4.67. The Morgan fingerprint density at radius 1 is 1.04 bits per heavy atom. The number of primary amides is 1. The fourth-order valence-corrected chi connectivity index (χ4v) is 3.40. The molecule has 0 radical (unpaired) electrons. The van der Waals surface area contributed by atoms with Crippen LogP contribution >= 0.6 is 11.3 Å². The largest absolute Gasteiger partial charge is 0.365 e. The smallest absolute Gasteiger partial charge is 0.316 e. The lowest BCUT2D eigenvalue weighted by molar-refractivity contribution is 0.259. The van der Waals surface area contributed by atoms with E-state index >= 15 is 0 Å². The lowest BCUT2D eigenvalue weighted by Crippen LogP contribution is -2.19. The SMILES string of the molecule is NC(=O)Nc1ccc(CNc2nc(-c3ccsc3)nc3ccccc23)cc1. The van der Waals surface area contributed by atoms with Gasteiger partial charge in [-0.25, -0.2) is 14.8 Å². The van der Waals surface area contributed by atoms with Gasteiger partial charge in [0, 0.05) is 28.6 Å². The Labute approximate surface area is 160 Å². The average Bonchev–Trinajstić information content (AvgIpc) is 3.21. The third kappa shape index (κ3) is 3.88. The first-order chi connectivity index (χ1) is 13.2. The first kappa shape index (κ1) is 17.0. The Bertz CT molecular complexity index is 1080. The van der Waals surface area contributed by atoms with Gasteiger partial charge >= 0.3 is 6.03 Å². The second kappa shape index (κ2) is 7.43. The Morgan fingerprint density at radius 2 is 1.85 bits per heavy atom. The van der Waals surface area contributed by atoms with E-state index in [1.807, 2.05) is 65.4 Å². The van der Waals surface area contributed by atoms with Crippen molar-refractivity contribution in [3.8, 4) is 11.4 Å². The number of thiophene rings is 1. The predicted molar refractivity (Wildman–Crippen MR) is 110 cm³/mol. The van der Waals surface area contributed by atoms with Crippen molar-refractivity contribution in [3.63, 3.8) is 0 Å². The average molecular weight is 375 g/mol. The highest BCUT2D eigenvalue weighted by atomic mass is 32.1. The first-order valence-electron chi connectivity index (χ1n) is 8.38. The molecule has 134 valence electrons. The maximum absolute atomic E-state index is 10.9. The van der Waals surface area contributed by atoms with Gasteiger partial charge in [0.25, 0.3) is 0 Å². The summed E-state index contributed by atoms with van der Waals surface area (Å²) >= 11 is 1.62. The van der Waals surface area contributed by atoms with Crippen LogP contribution in [0, 0.1) is 0 Å². The summed E-state index contributed by atoms with van der Waals surface area (Å²) in [6.07, 6.45) is 0. The number of anilines is 2. The molecule has 0 spiro atoms. The van der Waals surface area contributed by atoms with Crippen LogP contribution in [0.2, 0.25) is 0 Å². The van der Waals surface area contributed by atoms with Gasteiger partial charge in [-0.2, -0.15) is 11.3 Å². The number of aromatic nitrogens is 2. The van der Waals surface area contributed by atoms with Crippen LogP contribution in [0.5, 0.6) is 0 Å². The minimum absolute atomic E-state index is 0.575. The molecule has 4 N–H and O–H groups in total. The Balaban J connectivity index is 1.60. The molecule has 0 atom stereocenters. The topological polar surface area (TPSA) is 92.9 Å². The van der Waals surface area contributed by atoms with Crippen LogP contribution in [0.15, 0.2) is 65.4 Å². The third-order valence-corrected chi connectivity index (χ3v) is 4.75. The van der Waals surface area contributed by atoms with Crippen molar-refractivity contribution in [2.24, 2.45) is 5.73 Å². The van der Waals surface area contributed by atoms with Crippen LogP contribution in [-0.4, -0.2) is 16.0 Å². The standard InChI is InChI=1S/C20H17N5OS/c21-20(26)23-15-7-5-13(6-8-15)11-22-19-16-3-1-2-4-17(16)24-18(25-19)14-9-10-27-12-14/h1-10,12H,11H2,(H3,21,23,26)(H,22,24,25). The number of rotatable bonds is 5. The van der Waals surface area contributed by atoms with Gasteiger partial charge in [-0.1, -0.05) is 24.3 Å². The summed E-state index contributed by atoms with van der Waals surface area (Å²) in [4.78, 5) is 20.3. The first-order valence-corrected chi connectivity index (χ1v) is 9.32. The molecule has 0 aliphatic heterocycles. The van der Waals surface area contributed by atoms with Crippen LogP contribution in [0.4, 0.5) is 16.3 Å². The van der Waals surface area contributed by atoms with Crippen molar-refractivity contribution in [2.45, 2.75) is 6.54 Å². The summed E-state index contributed by atoms with van der Waals surface area (Å²) in [6, 6.07) is 16.9. The normalized spacial score (nSPS) is 10.7. The molecular formula is C20H17N5OS. The van der Waals surface area contributed by atoms with Gasteiger partial charge in [-0.15, -0.1) is 0 Å². The van der Waals surface area contributed by atoms with E-state index in [0.717, 1.165) is 27.8 Å². The van der Waals surface area contributed by atoms with Crippen molar-refractivity contribution in [1.82, 2.24) is 9.97 Å². The maximum atomic E-state index is 10.9. The van der Waals surface area contributed by atoms with Gasteiger partial charge < -0.3 is 16.4 Å². The molecule has 0 unspecified atom stereocenters. The highest BCUT2D eigenvalue weighted by Gasteiger charge is 2.09.